The first-order chi connectivity index (χ1) is 8.83. The molecule has 0 bridgehead atoms. The van der Waals surface area contributed by atoms with Crippen LogP contribution in [0.1, 0.15) is 42.9 Å². The number of nitrogens with one attached hydrogen (secondary N) is 1. The molecule has 1 aliphatic carbocycles. The molecule has 1 aliphatic heterocycles. The fraction of sp³-hybridized carbons (Fsp3) is 0.600. The van der Waals surface area contributed by atoms with Crippen LogP contribution in [0, 0.1) is 0 Å². The van der Waals surface area contributed by atoms with Crippen LogP contribution in [0.15, 0.2) is 18.2 Å². The molecule has 1 aromatic carbocycles. The van der Waals surface area contributed by atoms with Crippen LogP contribution in [0.2, 0.25) is 0 Å². The number of rotatable bonds is 4. The lowest BCUT2D eigenvalue weighted by atomic mass is 10.1. The van der Waals surface area contributed by atoms with Crippen LogP contribution in [0.5, 0.6) is 0 Å². The van der Waals surface area contributed by atoms with Crippen molar-refractivity contribution in [3.8, 4) is 0 Å². The maximum absolute atomic E-state index is 5.82. The number of fused-ring (bicyclic) bond motifs is 1. The highest BCUT2D eigenvalue weighted by Crippen LogP contribution is 2.32. The molecule has 1 heterocycles. The molecule has 3 rings (SSSR count). The van der Waals surface area contributed by atoms with E-state index >= 15 is 0 Å². The molecular weight excluding hydrogens is 224 g/mol. The zero-order valence-electron chi connectivity index (χ0n) is 10.8. The Morgan fingerprint density at radius 2 is 2.28 bits per heavy atom. The number of benzene rings is 1. The summed E-state index contributed by atoms with van der Waals surface area (Å²) in [6, 6.07) is 6.83. The maximum Gasteiger partial charge on any atom is 0.0588 e. The second kappa shape index (κ2) is 5.29. The van der Waals surface area contributed by atoms with E-state index in [1.165, 1.54) is 30.4 Å². The van der Waals surface area contributed by atoms with E-state index in [4.69, 9.17) is 10.5 Å². The van der Waals surface area contributed by atoms with Crippen molar-refractivity contribution < 1.29 is 4.74 Å². The van der Waals surface area contributed by atoms with Gasteiger partial charge in [-0.1, -0.05) is 6.07 Å². The van der Waals surface area contributed by atoms with Crippen molar-refractivity contribution in [1.82, 2.24) is 5.32 Å². The fourth-order valence-corrected chi connectivity index (χ4v) is 3.14. The van der Waals surface area contributed by atoms with E-state index in [1.807, 2.05) is 6.07 Å². The maximum atomic E-state index is 5.82. The molecule has 98 valence electrons. The second-order valence-corrected chi connectivity index (χ2v) is 5.43. The average Bonchev–Trinajstić information content (AvgIpc) is 2.99. The third kappa shape index (κ3) is 2.52. The SMILES string of the molecule is Nc1ccc2c(c1)CCC2NCCC1CCCO1. The molecule has 0 amide bonds. The van der Waals surface area contributed by atoms with Gasteiger partial charge in [-0.3, -0.25) is 0 Å². The van der Waals surface area contributed by atoms with Gasteiger partial charge in [0.15, 0.2) is 0 Å². The van der Waals surface area contributed by atoms with Gasteiger partial charge in [0, 0.05) is 18.3 Å². The minimum absolute atomic E-state index is 0.491. The highest BCUT2D eigenvalue weighted by atomic mass is 16.5. The van der Waals surface area contributed by atoms with Crippen molar-refractivity contribution in [2.24, 2.45) is 0 Å². The number of nitrogens with two attached hydrogens (primary N) is 1. The topological polar surface area (TPSA) is 47.3 Å². The van der Waals surface area contributed by atoms with Crippen molar-refractivity contribution in [3.63, 3.8) is 0 Å². The van der Waals surface area contributed by atoms with Crippen molar-refractivity contribution in [3.05, 3.63) is 29.3 Å². The molecular formula is C15H22N2O. The summed E-state index contributed by atoms with van der Waals surface area (Å²) in [4.78, 5) is 0. The third-order valence-electron chi connectivity index (χ3n) is 4.13. The minimum Gasteiger partial charge on any atom is -0.399 e. The Kier molecular flexibility index (Phi) is 3.52. The number of anilines is 1. The van der Waals surface area contributed by atoms with Gasteiger partial charge < -0.3 is 15.8 Å². The first-order valence-electron chi connectivity index (χ1n) is 7.06. The summed E-state index contributed by atoms with van der Waals surface area (Å²) < 4.78 is 5.65. The molecule has 18 heavy (non-hydrogen) atoms. The Morgan fingerprint density at radius 3 is 3.11 bits per heavy atom. The lowest BCUT2D eigenvalue weighted by molar-refractivity contribution is 0.103. The molecule has 0 saturated carbocycles. The standard InChI is InChI=1S/C15H22N2O/c16-12-4-5-14-11(10-12)3-6-15(14)17-8-7-13-2-1-9-18-13/h4-5,10,13,15,17H,1-3,6-9,16H2. The Hall–Kier alpha value is -1.06. The van der Waals surface area contributed by atoms with Crippen LogP contribution in [-0.2, 0) is 11.2 Å². The monoisotopic (exact) mass is 246 g/mol. The number of nitrogen functional groups attached to an aromatic ring is 1. The van der Waals surface area contributed by atoms with Gasteiger partial charge in [-0.2, -0.15) is 0 Å². The first-order valence-corrected chi connectivity index (χ1v) is 7.06. The van der Waals surface area contributed by atoms with Gasteiger partial charge in [0.1, 0.15) is 0 Å². The molecule has 3 heteroatoms. The van der Waals surface area contributed by atoms with Crippen LogP contribution in [0.4, 0.5) is 5.69 Å². The number of hydrogen-bond acceptors (Lipinski definition) is 3. The third-order valence-corrected chi connectivity index (χ3v) is 4.13. The van der Waals surface area contributed by atoms with E-state index in [0.29, 0.717) is 12.1 Å². The molecule has 0 radical (unpaired) electrons. The fourth-order valence-electron chi connectivity index (χ4n) is 3.14. The van der Waals surface area contributed by atoms with Gasteiger partial charge in [0.25, 0.3) is 0 Å². The van der Waals surface area contributed by atoms with E-state index in [2.05, 4.69) is 17.4 Å². The highest BCUT2D eigenvalue weighted by molar-refractivity contribution is 5.47. The van der Waals surface area contributed by atoms with E-state index in [1.54, 1.807) is 0 Å². The summed E-state index contributed by atoms with van der Waals surface area (Å²) in [5.74, 6) is 0. The van der Waals surface area contributed by atoms with Crippen LogP contribution in [0.25, 0.3) is 0 Å². The lowest BCUT2D eigenvalue weighted by Crippen LogP contribution is -2.23. The normalized spacial score (nSPS) is 26.4. The Morgan fingerprint density at radius 1 is 1.33 bits per heavy atom. The number of hydrogen-bond donors (Lipinski definition) is 2. The van der Waals surface area contributed by atoms with Crippen LogP contribution in [-0.4, -0.2) is 19.3 Å². The highest BCUT2D eigenvalue weighted by Gasteiger charge is 2.22. The van der Waals surface area contributed by atoms with Crippen LogP contribution < -0.4 is 11.1 Å². The minimum atomic E-state index is 0.491. The molecule has 1 aromatic rings. The Labute approximate surface area is 109 Å². The summed E-state index contributed by atoms with van der Waals surface area (Å²) in [5, 5.41) is 3.66. The van der Waals surface area contributed by atoms with Gasteiger partial charge in [0.2, 0.25) is 0 Å². The largest absolute Gasteiger partial charge is 0.399 e. The number of ether oxygens (including phenoxy) is 1. The Bertz CT molecular complexity index is 413. The Balaban J connectivity index is 1.53. The average molecular weight is 246 g/mol. The summed E-state index contributed by atoms with van der Waals surface area (Å²) in [7, 11) is 0. The van der Waals surface area contributed by atoms with E-state index in [0.717, 1.165) is 31.7 Å². The molecule has 1 saturated heterocycles. The summed E-state index contributed by atoms with van der Waals surface area (Å²) >= 11 is 0. The molecule has 2 aliphatic rings. The molecule has 2 atom stereocenters. The van der Waals surface area contributed by atoms with E-state index < -0.39 is 0 Å². The lowest BCUT2D eigenvalue weighted by Gasteiger charge is -2.16. The van der Waals surface area contributed by atoms with Crippen molar-refractivity contribution >= 4 is 5.69 Å². The molecule has 0 spiro atoms. The van der Waals surface area contributed by atoms with Gasteiger partial charge in [-0.05, 0) is 61.9 Å². The molecule has 3 N–H and O–H groups in total. The van der Waals surface area contributed by atoms with Crippen LogP contribution in [0.3, 0.4) is 0 Å². The summed E-state index contributed by atoms with van der Waals surface area (Å²) in [5.41, 5.74) is 9.57. The van der Waals surface area contributed by atoms with Crippen LogP contribution >= 0.6 is 0 Å². The second-order valence-electron chi connectivity index (χ2n) is 5.43. The zero-order chi connectivity index (χ0) is 12.4. The van der Waals surface area contributed by atoms with Gasteiger partial charge in [0.05, 0.1) is 6.10 Å². The molecule has 2 unspecified atom stereocenters. The van der Waals surface area contributed by atoms with Gasteiger partial charge >= 0.3 is 0 Å². The predicted octanol–water partition coefficient (Wildman–Crippen LogP) is 2.41. The smallest absolute Gasteiger partial charge is 0.0588 e. The molecule has 0 aromatic heterocycles. The van der Waals surface area contributed by atoms with Gasteiger partial charge in [-0.15, -0.1) is 0 Å². The summed E-state index contributed by atoms with van der Waals surface area (Å²) in [6.07, 6.45) is 6.45. The first kappa shape index (κ1) is 12.0. The van der Waals surface area contributed by atoms with E-state index in [9.17, 15) is 0 Å². The van der Waals surface area contributed by atoms with E-state index in [-0.39, 0.29) is 0 Å². The van der Waals surface area contributed by atoms with Crippen molar-refractivity contribution in [1.29, 1.82) is 0 Å². The quantitative estimate of drug-likeness (QED) is 0.802. The zero-order valence-corrected chi connectivity index (χ0v) is 10.8. The van der Waals surface area contributed by atoms with Crippen molar-refractivity contribution in [2.45, 2.75) is 44.2 Å². The van der Waals surface area contributed by atoms with Gasteiger partial charge in [-0.25, -0.2) is 0 Å². The predicted molar refractivity (Wildman–Crippen MR) is 73.5 cm³/mol. The summed E-state index contributed by atoms with van der Waals surface area (Å²) in [6.45, 7) is 2.01. The molecule has 1 fully saturated rings. The number of aryl methyl sites for hydroxylation is 1. The molecule has 3 nitrogen and oxygen atoms in total. The van der Waals surface area contributed by atoms with Crippen molar-refractivity contribution in [2.75, 3.05) is 18.9 Å².